The predicted molar refractivity (Wildman–Crippen MR) is 101 cm³/mol. The second-order valence-corrected chi connectivity index (χ2v) is 7.07. The molecule has 3 aromatic rings. The van der Waals surface area contributed by atoms with Crippen molar-refractivity contribution in [3.8, 4) is 0 Å². The van der Waals surface area contributed by atoms with E-state index >= 15 is 0 Å². The van der Waals surface area contributed by atoms with E-state index in [1.54, 1.807) is 29.6 Å². The molecule has 0 aliphatic carbocycles. The first-order chi connectivity index (χ1) is 13.2. The largest absolute Gasteiger partial charge is 0.445 e. The molecule has 1 aliphatic rings. The summed E-state index contributed by atoms with van der Waals surface area (Å²) in [6, 6.07) is 9.39. The molecule has 1 unspecified atom stereocenters. The van der Waals surface area contributed by atoms with Gasteiger partial charge in [0.15, 0.2) is 5.89 Å². The number of likely N-dealkylation sites (tertiary alicyclic amines) is 1. The van der Waals surface area contributed by atoms with E-state index in [1.165, 1.54) is 0 Å². The van der Waals surface area contributed by atoms with Crippen molar-refractivity contribution >= 4 is 17.5 Å². The highest BCUT2D eigenvalue weighted by atomic mass is 35.5. The van der Waals surface area contributed by atoms with Gasteiger partial charge in [0.2, 0.25) is 5.82 Å². The molecule has 6 nitrogen and oxygen atoms in total. The highest BCUT2D eigenvalue weighted by Crippen LogP contribution is 2.28. The summed E-state index contributed by atoms with van der Waals surface area (Å²) in [6.45, 7) is 1.27. The topological polar surface area (TPSA) is 72.1 Å². The number of piperidine rings is 1. The average Bonchev–Trinajstić information content (AvgIpc) is 3.18. The molecule has 1 amide bonds. The molecule has 0 saturated carbocycles. The van der Waals surface area contributed by atoms with E-state index in [0.29, 0.717) is 30.4 Å². The summed E-state index contributed by atoms with van der Waals surface area (Å²) >= 11 is 5.93. The lowest BCUT2D eigenvalue weighted by Gasteiger charge is -2.30. The zero-order chi connectivity index (χ0) is 18.6. The minimum atomic E-state index is -0.145. The molecular formula is C20H19ClN4O2. The molecule has 3 heterocycles. The quantitative estimate of drug-likeness (QED) is 0.687. The van der Waals surface area contributed by atoms with Crippen molar-refractivity contribution in [2.75, 3.05) is 13.1 Å². The first kappa shape index (κ1) is 17.7. The van der Waals surface area contributed by atoms with Crippen LogP contribution in [0.4, 0.5) is 0 Å². The Morgan fingerprint density at radius 2 is 1.96 bits per heavy atom. The number of nitrogens with zero attached hydrogens (tertiary/aromatic N) is 4. The molecule has 1 atom stereocenters. The minimum Gasteiger partial charge on any atom is -0.445 e. The molecule has 138 valence electrons. The molecule has 4 rings (SSSR count). The summed E-state index contributed by atoms with van der Waals surface area (Å²) < 4.78 is 5.98. The Balaban J connectivity index is 1.43. The van der Waals surface area contributed by atoms with Crippen molar-refractivity contribution in [2.45, 2.75) is 25.2 Å². The third kappa shape index (κ3) is 4.17. The van der Waals surface area contributed by atoms with Crippen LogP contribution in [0, 0.1) is 0 Å². The predicted octanol–water partition coefficient (Wildman–Crippen LogP) is 3.73. The van der Waals surface area contributed by atoms with Crippen LogP contribution in [-0.2, 0) is 6.42 Å². The Morgan fingerprint density at radius 1 is 1.19 bits per heavy atom. The number of aromatic nitrogens is 3. The van der Waals surface area contributed by atoms with E-state index in [2.05, 4.69) is 15.0 Å². The Hall–Kier alpha value is -2.73. The van der Waals surface area contributed by atoms with Gasteiger partial charge in [-0.1, -0.05) is 23.7 Å². The third-order valence-corrected chi connectivity index (χ3v) is 4.93. The van der Waals surface area contributed by atoms with Crippen LogP contribution < -0.4 is 0 Å². The lowest BCUT2D eigenvalue weighted by Crippen LogP contribution is -2.39. The van der Waals surface area contributed by atoms with Crippen LogP contribution in [-0.4, -0.2) is 38.8 Å². The number of oxazole rings is 1. The molecule has 1 aliphatic heterocycles. The molecule has 0 N–H and O–H groups in total. The van der Waals surface area contributed by atoms with Gasteiger partial charge in [-0.25, -0.2) is 15.0 Å². The first-order valence-electron chi connectivity index (χ1n) is 8.94. The fourth-order valence-corrected chi connectivity index (χ4v) is 3.44. The van der Waals surface area contributed by atoms with Gasteiger partial charge in [-0.2, -0.15) is 0 Å². The second kappa shape index (κ2) is 7.88. The van der Waals surface area contributed by atoms with Gasteiger partial charge in [0.25, 0.3) is 5.91 Å². The highest BCUT2D eigenvalue weighted by Gasteiger charge is 2.29. The molecule has 27 heavy (non-hydrogen) atoms. The van der Waals surface area contributed by atoms with Crippen LogP contribution in [0.15, 0.2) is 53.3 Å². The number of rotatable bonds is 4. The highest BCUT2D eigenvalue weighted by molar-refractivity contribution is 6.30. The van der Waals surface area contributed by atoms with Crippen LogP contribution in [0.5, 0.6) is 0 Å². The fraction of sp³-hybridized carbons (Fsp3) is 0.300. The van der Waals surface area contributed by atoms with E-state index in [4.69, 9.17) is 16.0 Å². The van der Waals surface area contributed by atoms with Crippen LogP contribution in [0.3, 0.4) is 0 Å². The molecule has 7 heteroatoms. The van der Waals surface area contributed by atoms with Gasteiger partial charge in [0.1, 0.15) is 5.76 Å². The summed E-state index contributed by atoms with van der Waals surface area (Å²) in [5, 5.41) is 0.714. The van der Waals surface area contributed by atoms with Gasteiger partial charge in [-0.3, -0.25) is 4.79 Å². The van der Waals surface area contributed by atoms with E-state index in [0.717, 1.165) is 24.2 Å². The zero-order valence-corrected chi connectivity index (χ0v) is 15.5. The van der Waals surface area contributed by atoms with Crippen LogP contribution in [0.25, 0.3) is 0 Å². The molecule has 0 spiro atoms. The molecule has 1 aromatic carbocycles. The summed E-state index contributed by atoms with van der Waals surface area (Å²) in [7, 11) is 0. The van der Waals surface area contributed by atoms with Gasteiger partial charge in [-0.15, -0.1) is 0 Å². The smallest absolute Gasteiger partial charge is 0.291 e. The summed E-state index contributed by atoms with van der Waals surface area (Å²) in [5.41, 5.74) is 1.11. The molecule has 1 fully saturated rings. The van der Waals surface area contributed by atoms with E-state index in [9.17, 15) is 4.79 Å². The Kier molecular flexibility index (Phi) is 5.16. The Labute approximate surface area is 162 Å². The first-order valence-corrected chi connectivity index (χ1v) is 9.32. The van der Waals surface area contributed by atoms with Crippen LogP contribution in [0.2, 0.25) is 5.02 Å². The molecule has 0 radical (unpaired) electrons. The standard InChI is InChI=1S/C20H19ClN4O2/c21-16-6-4-14(5-7-16)11-17-12-24-19(27-17)15-3-1-10-25(13-15)20(26)18-22-8-2-9-23-18/h2,4-9,12,15H,1,3,10-11,13H2. The number of carbonyl (C=O) groups is 1. The average molecular weight is 383 g/mol. The monoisotopic (exact) mass is 382 g/mol. The maximum absolute atomic E-state index is 12.6. The molecule has 0 bridgehead atoms. The number of amides is 1. The number of hydrogen-bond acceptors (Lipinski definition) is 5. The SMILES string of the molecule is O=C(c1ncccn1)N1CCCC(c2ncc(Cc3ccc(Cl)cc3)o2)C1. The van der Waals surface area contributed by atoms with Crippen LogP contribution in [0.1, 0.15) is 46.6 Å². The van der Waals surface area contributed by atoms with Gasteiger partial charge in [-0.05, 0) is 36.6 Å². The van der Waals surface area contributed by atoms with E-state index < -0.39 is 0 Å². The lowest BCUT2D eigenvalue weighted by molar-refractivity contribution is 0.0685. The van der Waals surface area contributed by atoms with Crippen molar-refractivity contribution in [1.82, 2.24) is 19.9 Å². The van der Waals surface area contributed by atoms with Crippen molar-refractivity contribution in [3.05, 3.63) is 77.0 Å². The molecule has 2 aromatic heterocycles. The number of benzene rings is 1. The molecule has 1 saturated heterocycles. The van der Waals surface area contributed by atoms with Crippen LogP contribution >= 0.6 is 11.6 Å². The van der Waals surface area contributed by atoms with Crippen molar-refractivity contribution in [1.29, 1.82) is 0 Å². The maximum atomic E-state index is 12.6. The summed E-state index contributed by atoms with van der Waals surface area (Å²) in [5.74, 6) is 1.67. The van der Waals surface area contributed by atoms with Crippen molar-refractivity contribution in [3.63, 3.8) is 0 Å². The number of hydrogen-bond donors (Lipinski definition) is 0. The van der Waals surface area contributed by atoms with Gasteiger partial charge < -0.3 is 9.32 Å². The van der Waals surface area contributed by atoms with Crippen molar-refractivity contribution in [2.24, 2.45) is 0 Å². The van der Waals surface area contributed by atoms with Gasteiger partial charge in [0, 0.05) is 36.9 Å². The number of carbonyl (C=O) groups excluding carboxylic acids is 1. The van der Waals surface area contributed by atoms with E-state index in [1.807, 2.05) is 24.3 Å². The zero-order valence-electron chi connectivity index (χ0n) is 14.7. The number of halogens is 1. The normalized spacial score (nSPS) is 17.1. The van der Waals surface area contributed by atoms with Gasteiger partial charge in [0.05, 0.1) is 12.1 Å². The third-order valence-electron chi connectivity index (χ3n) is 4.68. The fourth-order valence-electron chi connectivity index (χ4n) is 3.31. The minimum absolute atomic E-state index is 0.0883. The van der Waals surface area contributed by atoms with E-state index in [-0.39, 0.29) is 17.6 Å². The maximum Gasteiger partial charge on any atom is 0.291 e. The summed E-state index contributed by atoms with van der Waals surface area (Å²) in [4.78, 5) is 26.9. The molecular weight excluding hydrogens is 364 g/mol. The second-order valence-electron chi connectivity index (χ2n) is 6.63. The Bertz CT molecular complexity index is 911. The Morgan fingerprint density at radius 3 is 2.74 bits per heavy atom. The summed E-state index contributed by atoms with van der Waals surface area (Å²) in [6.07, 6.45) is 7.44. The van der Waals surface area contributed by atoms with Crippen molar-refractivity contribution < 1.29 is 9.21 Å². The lowest BCUT2D eigenvalue weighted by atomic mass is 9.98. The van der Waals surface area contributed by atoms with Gasteiger partial charge >= 0.3 is 0 Å².